The highest BCUT2D eigenvalue weighted by Gasteiger charge is 2.50. The van der Waals surface area contributed by atoms with Gasteiger partial charge in [-0.25, -0.2) is 4.79 Å². The Bertz CT molecular complexity index is 467. The van der Waals surface area contributed by atoms with Crippen molar-refractivity contribution in [3.8, 4) is 0 Å². The van der Waals surface area contributed by atoms with Gasteiger partial charge in [-0.2, -0.15) is 0 Å². The molecular formula is C14H17NO3. The fourth-order valence-corrected chi connectivity index (χ4v) is 2.51. The molecule has 1 aliphatic heterocycles. The van der Waals surface area contributed by atoms with E-state index >= 15 is 0 Å². The number of carbonyl (C=O) groups is 2. The van der Waals surface area contributed by atoms with Crippen LogP contribution < -0.4 is 0 Å². The van der Waals surface area contributed by atoms with Gasteiger partial charge < -0.3 is 4.74 Å². The van der Waals surface area contributed by atoms with Crippen molar-refractivity contribution >= 4 is 11.9 Å². The van der Waals surface area contributed by atoms with E-state index in [-0.39, 0.29) is 18.4 Å². The molecule has 1 aromatic carbocycles. The van der Waals surface area contributed by atoms with Crippen molar-refractivity contribution in [2.75, 3.05) is 13.7 Å². The molecule has 0 N–H and O–H groups in total. The minimum Gasteiger partial charge on any atom is -0.453 e. The summed E-state index contributed by atoms with van der Waals surface area (Å²) in [7, 11) is 1.33. The van der Waals surface area contributed by atoms with Crippen molar-refractivity contribution < 1.29 is 14.3 Å². The second-order valence-corrected chi connectivity index (χ2v) is 5.06. The number of nitrogens with zero attached hydrogens (tertiary/aromatic N) is 1. The number of rotatable bonds is 1. The van der Waals surface area contributed by atoms with Crippen LogP contribution in [0.2, 0.25) is 0 Å². The average molecular weight is 247 g/mol. The van der Waals surface area contributed by atoms with Crippen LogP contribution in [-0.4, -0.2) is 30.4 Å². The first-order valence-corrected chi connectivity index (χ1v) is 5.91. The van der Waals surface area contributed by atoms with Gasteiger partial charge in [-0.3, -0.25) is 9.69 Å². The predicted molar refractivity (Wildman–Crippen MR) is 67.1 cm³/mol. The van der Waals surface area contributed by atoms with Crippen molar-refractivity contribution in [1.29, 1.82) is 0 Å². The van der Waals surface area contributed by atoms with Crippen LogP contribution in [0.3, 0.4) is 0 Å². The summed E-state index contributed by atoms with van der Waals surface area (Å²) in [5, 5.41) is 0. The van der Waals surface area contributed by atoms with E-state index in [1.807, 2.05) is 44.2 Å². The van der Waals surface area contributed by atoms with E-state index in [2.05, 4.69) is 0 Å². The van der Waals surface area contributed by atoms with Crippen LogP contribution in [0.15, 0.2) is 30.3 Å². The molecule has 0 bridgehead atoms. The van der Waals surface area contributed by atoms with Gasteiger partial charge in [0.05, 0.1) is 19.7 Å². The highest BCUT2D eigenvalue weighted by molar-refractivity contribution is 5.93. The number of Topliss-reactive ketones (excluding diaryl/α,β-unsaturated/α-hetero) is 1. The lowest BCUT2D eigenvalue weighted by Crippen LogP contribution is -2.34. The van der Waals surface area contributed by atoms with Gasteiger partial charge in [0, 0.05) is 5.41 Å². The summed E-state index contributed by atoms with van der Waals surface area (Å²) in [4.78, 5) is 25.3. The van der Waals surface area contributed by atoms with Crippen LogP contribution in [0, 0.1) is 5.41 Å². The quantitative estimate of drug-likeness (QED) is 0.765. The van der Waals surface area contributed by atoms with Crippen molar-refractivity contribution in [2.45, 2.75) is 19.9 Å². The molecule has 1 aromatic rings. The van der Waals surface area contributed by atoms with Crippen molar-refractivity contribution in [3.63, 3.8) is 0 Å². The van der Waals surface area contributed by atoms with Gasteiger partial charge in [0.1, 0.15) is 0 Å². The van der Waals surface area contributed by atoms with Crippen molar-refractivity contribution in [2.24, 2.45) is 5.41 Å². The van der Waals surface area contributed by atoms with E-state index < -0.39 is 11.5 Å². The molecule has 1 atom stereocenters. The zero-order chi connectivity index (χ0) is 13.3. The van der Waals surface area contributed by atoms with Gasteiger partial charge in [-0.1, -0.05) is 44.2 Å². The number of ketones is 1. The molecule has 0 radical (unpaired) electrons. The number of hydrogen-bond donors (Lipinski definition) is 0. The van der Waals surface area contributed by atoms with E-state index in [9.17, 15) is 9.59 Å². The van der Waals surface area contributed by atoms with Gasteiger partial charge in [0.15, 0.2) is 5.78 Å². The summed E-state index contributed by atoms with van der Waals surface area (Å²) in [6, 6.07) is 9.32. The molecule has 1 fully saturated rings. The van der Waals surface area contributed by atoms with E-state index in [1.165, 1.54) is 12.0 Å². The Kier molecular flexibility index (Phi) is 3.11. The number of benzene rings is 1. The molecule has 1 heterocycles. The van der Waals surface area contributed by atoms with E-state index in [0.717, 1.165) is 5.56 Å². The summed E-state index contributed by atoms with van der Waals surface area (Å²) >= 11 is 0. The molecule has 1 aliphatic rings. The molecule has 0 aliphatic carbocycles. The number of likely N-dealkylation sites (tertiary alicyclic amines) is 1. The summed E-state index contributed by atoms with van der Waals surface area (Å²) in [6.45, 7) is 3.85. The van der Waals surface area contributed by atoms with Crippen LogP contribution in [0.4, 0.5) is 4.79 Å². The zero-order valence-electron chi connectivity index (χ0n) is 10.8. The summed E-state index contributed by atoms with van der Waals surface area (Å²) in [5.74, 6) is 0.0572. The third kappa shape index (κ3) is 1.88. The van der Waals surface area contributed by atoms with Crippen LogP contribution >= 0.6 is 0 Å². The second kappa shape index (κ2) is 4.44. The highest BCUT2D eigenvalue weighted by atomic mass is 16.5. The lowest BCUT2D eigenvalue weighted by atomic mass is 9.80. The Labute approximate surface area is 107 Å². The highest BCUT2D eigenvalue weighted by Crippen LogP contribution is 2.44. The Hall–Kier alpha value is -1.84. The number of methoxy groups -OCH3 is 1. The molecular weight excluding hydrogens is 230 g/mol. The normalized spacial score (nSPS) is 22.1. The Morgan fingerprint density at radius 3 is 2.50 bits per heavy atom. The number of ether oxygens (including phenoxy) is 1. The summed E-state index contributed by atoms with van der Waals surface area (Å²) in [6.07, 6.45) is -0.456. The molecule has 18 heavy (non-hydrogen) atoms. The van der Waals surface area contributed by atoms with Crippen LogP contribution in [-0.2, 0) is 9.53 Å². The van der Waals surface area contributed by atoms with Crippen LogP contribution in [0.5, 0.6) is 0 Å². The van der Waals surface area contributed by atoms with Gasteiger partial charge in [0.25, 0.3) is 0 Å². The van der Waals surface area contributed by atoms with E-state index in [4.69, 9.17) is 4.74 Å². The Balaban J connectivity index is 2.44. The molecule has 4 heteroatoms. The van der Waals surface area contributed by atoms with Crippen molar-refractivity contribution in [1.82, 2.24) is 4.90 Å². The smallest absolute Gasteiger partial charge is 0.410 e. The van der Waals surface area contributed by atoms with Gasteiger partial charge in [-0.15, -0.1) is 0 Å². The fraction of sp³-hybridized carbons (Fsp3) is 0.429. The minimum atomic E-state index is -0.588. The maximum absolute atomic E-state index is 12.1. The molecule has 1 unspecified atom stereocenters. The molecule has 4 nitrogen and oxygen atoms in total. The summed E-state index contributed by atoms with van der Waals surface area (Å²) < 4.78 is 4.76. The minimum absolute atomic E-state index is 0.0572. The summed E-state index contributed by atoms with van der Waals surface area (Å²) in [5.41, 5.74) is 0.369. The number of carbonyl (C=O) groups excluding carboxylic acids is 2. The first kappa shape index (κ1) is 12.6. The van der Waals surface area contributed by atoms with Gasteiger partial charge >= 0.3 is 6.09 Å². The van der Waals surface area contributed by atoms with Crippen LogP contribution in [0.1, 0.15) is 25.5 Å². The van der Waals surface area contributed by atoms with Crippen LogP contribution in [0.25, 0.3) is 0 Å². The number of hydrogen-bond acceptors (Lipinski definition) is 3. The zero-order valence-corrected chi connectivity index (χ0v) is 10.8. The standard InChI is InChI=1S/C14H17NO3/c1-14(2)11(16)9-15(13(17)18-3)12(14)10-7-5-4-6-8-10/h4-8,12H,9H2,1-3H3. The SMILES string of the molecule is COC(=O)N1CC(=O)C(C)(C)C1c1ccccc1. The maximum Gasteiger partial charge on any atom is 0.410 e. The molecule has 2 rings (SSSR count). The molecule has 1 amide bonds. The molecule has 0 saturated carbocycles. The maximum atomic E-state index is 12.1. The first-order valence-electron chi connectivity index (χ1n) is 5.91. The first-order chi connectivity index (χ1) is 8.48. The third-order valence-electron chi connectivity index (χ3n) is 3.55. The van der Waals surface area contributed by atoms with Gasteiger partial charge in [-0.05, 0) is 5.56 Å². The van der Waals surface area contributed by atoms with E-state index in [0.29, 0.717) is 0 Å². The van der Waals surface area contributed by atoms with E-state index in [1.54, 1.807) is 0 Å². The fourth-order valence-electron chi connectivity index (χ4n) is 2.51. The molecule has 1 saturated heterocycles. The molecule has 0 aromatic heterocycles. The number of amides is 1. The van der Waals surface area contributed by atoms with Crippen molar-refractivity contribution in [3.05, 3.63) is 35.9 Å². The lowest BCUT2D eigenvalue weighted by molar-refractivity contribution is -0.123. The third-order valence-corrected chi connectivity index (χ3v) is 3.55. The largest absolute Gasteiger partial charge is 0.453 e. The Morgan fingerprint density at radius 1 is 1.33 bits per heavy atom. The average Bonchev–Trinajstić information content (AvgIpc) is 2.60. The monoisotopic (exact) mass is 247 g/mol. The van der Waals surface area contributed by atoms with Gasteiger partial charge in [0.2, 0.25) is 0 Å². The lowest BCUT2D eigenvalue weighted by Gasteiger charge is -2.30. The Morgan fingerprint density at radius 2 is 1.94 bits per heavy atom. The second-order valence-electron chi connectivity index (χ2n) is 5.06. The molecule has 96 valence electrons. The predicted octanol–water partition coefficient (Wildman–Crippen LogP) is 2.41. The topological polar surface area (TPSA) is 46.6 Å². The molecule has 0 spiro atoms.